The monoisotopic (exact) mass is 190 g/mol. The van der Waals surface area contributed by atoms with E-state index in [0.29, 0.717) is 0 Å². The van der Waals surface area contributed by atoms with Crippen molar-refractivity contribution >= 4 is 16.8 Å². The van der Waals surface area contributed by atoms with Gasteiger partial charge in [-0.05, 0) is 34.4 Å². The maximum absolute atomic E-state index is 5.51. The Kier molecular flexibility index (Phi) is 1.66. The van der Waals surface area contributed by atoms with Crippen LogP contribution in [-0.4, -0.2) is 0 Å². The first-order chi connectivity index (χ1) is 7.40. The molecule has 0 heteroatoms. The maximum atomic E-state index is 5.51. The second kappa shape index (κ2) is 3.00. The summed E-state index contributed by atoms with van der Waals surface area (Å²) in [6.45, 7) is 0. The van der Waals surface area contributed by atoms with E-state index in [-0.39, 0.29) is 0 Å². The van der Waals surface area contributed by atoms with Gasteiger partial charge >= 0.3 is 0 Å². The van der Waals surface area contributed by atoms with Gasteiger partial charge in [-0.3, -0.25) is 0 Å². The summed E-state index contributed by atoms with van der Waals surface area (Å²) in [5.74, 6) is 2.75. The molecule has 0 aliphatic heterocycles. The molecule has 0 N–H and O–H groups in total. The molecule has 70 valence electrons. The highest BCUT2D eigenvalue weighted by molar-refractivity contribution is 5.97. The first-order valence-electron chi connectivity index (χ1n) is 5.08. The second-order valence-electron chi connectivity index (χ2n) is 3.79. The molecule has 0 heterocycles. The quantitative estimate of drug-likeness (QED) is 0.558. The van der Waals surface area contributed by atoms with Crippen LogP contribution in [0, 0.1) is 12.3 Å². The van der Waals surface area contributed by atoms with E-state index in [1.807, 2.05) is 6.07 Å². The summed E-state index contributed by atoms with van der Waals surface area (Å²) in [5.41, 5.74) is 3.57. The normalized spacial score (nSPS) is 12.7. The molecule has 1 aliphatic carbocycles. The van der Waals surface area contributed by atoms with E-state index < -0.39 is 0 Å². The van der Waals surface area contributed by atoms with Crippen molar-refractivity contribution in [3.63, 3.8) is 0 Å². The molecular weight excluding hydrogens is 180 g/mol. The van der Waals surface area contributed by atoms with Crippen LogP contribution in [0.15, 0.2) is 36.4 Å². The van der Waals surface area contributed by atoms with Crippen molar-refractivity contribution in [1.82, 2.24) is 0 Å². The Morgan fingerprint density at radius 3 is 2.93 bits per heavy atom. The van der Waals surface area contributed by atoms with E-state index in [1.165, 1.54) is 21.9 Å². The molecular formula is C15H10. The molecule has 15 heavy (non-hydrogen) atoms. The fraction of sp³-hybridized carbons (Fsp3) is 0.0667. The zero-order valence-corrected chi connectivity index (χ0v) is 8.33. The standard InChI is InChI=1S/C15H10/c1-2-11-9-10-13-6-3-5-12-7-4-8-14(11)15(12)13/h1,3-6,8-10H,7H2. The Balaban J connectivity index is 2.55. The first kappa shape index (κ1) is 8.32. The van der Waals surface area contributed by atoms with Crippen LogP contribution in [0.1, 0.15) is 16.7 Å². The molecule has 0 saturated carbocycles. The van der Waals surface area contributed by atoms with Crippen LogP contribution in [0.5, 0.6) is 0 Å². The molecule has 0 bridgehead atoms. The zero-order valence-electron chi connectivity index (χ0n) is 8.33. The van der Waals surface area contributed by atoms with Gasteiger partial charge in [-0.1, -0.05) is 42.3 Å². The third kappa shape index (κ3) is 1.10. The van der Waals surface area contributed by atoms with Crippen LogP contribution in [0.4, 0.5) is 0 Å². The van der Waals surface area contributed by atoms with E-state index in [4.69, 9.17) is 6.42 Å². The molecule has 0 nitrogen and oxygen atoms in total. The molecule has 1 aliphatic rings. The predicted molar refractivity (Wildman–Crippen MR) is 64.6 cm³/mol. The molecule has 0 amide bonds. The van der Waals surface area contributed by atoms with E-state index in [2.05, 4.69) is 42.3 Å². The lowest BCUT2D eigenvalue weighted by atomic mass is 9.90. The highest BCUT2D eigenvalue weighted by atomic mass is 14.1. The summed E-state index contributed by atoms with van der Waals surface area (Å²) in [7, 11) is 0. The minimum Gasteiger partial charge on any atom is -0.115 e. The summed E-state index contributed by atoms with van der Waals surface area (Å²) in [6.07, 6.45) is 10.8. The first-order valence-corrected chi connectivity index (χ1v) is 5.08. The van der Waals surface area contributed by atoms with Crippen molar-refractivity contribution in [3.8, 4) is 12.3 Å². The van der Waals surface area contributed by atoms with Gasteiger partial charge in [-0.15, -0.1) is 6.42 Å². The molecule has 0 saturated heterocycles. The lowest BCUT2D eigenvalue weighted by Crippen LogP contribution is -1.95. The lowest BCUT2D eigenvalue weighted by Gasteiger charge is -2.13. The van der Waals surface area contributed by atoms with Crippen LogP contribution in [0.2, 0.25) is 0 Å². The van der Waals surface area contributed by atoms with Gasteiger partial charge in [0.15, 0.2) is 0 Å². The van der Waals surface area contributed by atoms with E-state index in [9.17, 15) is 0 Å². The fourth-order valence-corrected chi connectivity index (χ4v) is 2.26. The SMILES string of the molecule is C#Cc1ccc2cccc3c2c1C=CC3. The van der Waals surface area contributed by atoms with Crippen molar-refractivity contribution < 1.29 is 0 Å². The van der Waals surface area contributed by atoms with Gasteiger partial charge in [0.1, 0.15) is 0 Å². The molecule has 0 fully saturated rings. The van der Waals surface area contributed by atoms with Crippen molar-refractivity contribution in [2.75, 3.05) is 0 Å². The van der Waals surface area contributed by atoms with Gasteiger partial charge < -0.3 is 0 Å². The third-order valence-electron chi connectivity index (χ3n) is 2.95. The van der Waals surface area contributed by atoms with Gasteiger partial charge in [0.05, 0.1) is 0 Å². The van der Waals surface area contributed by atoms with Gasteiger partial charge in [0.25, 0.3) is 0 Å². The fourth-order valence-electron chi connectivity index (χ4n) is 2.26. The number of allylic oxidation sites excluding steroid dienone is 1. The van der Waals surface area contributed by atoms with E-state index in [1.54, 1.807) is 0 Å². The highest BCUT2D eigenvalue weighted by Crippen LogP contribution is 2.30. The van der Waals surface area contributed by atoms with Crippen molar-refractivity contribution in [2.45, 2.75) is 6.42 Å². The van der Waals surface area contributed by atoms with Gasteiger partial charge in [-0.25, -0.2) is 0 Å². The average molecular weight is 190 g/mol. The molecule has 3 rings (SSSR count). The largest absolute Gasteiger partial charge is 0.115 e. The Morgan fingerprint density at radius 1 is 1.13 bits per heavy atom. The Labute approximate surface area is 89.2 Å². The number of benzene rings is 2. The maximum Gasteiger partial charge on any atom is 0.0321 e. The van der Waals surface area contributed by atoms with Crippen molar-refractivity contribution in [1.29, 1.82) is 0 Å². The number of hydrogen-bond acceptors (Lipinski definition) is 0. The van der Waals surface area contributed by atoms with E-state index in [0.717, 1.165) is 12.0 Å². The summed E-state index contributed by atoms with van der Waals surface area (Å²) in [4.78, 5) is 0. The molecule has 2 aromatic rings. The predicted octanol–water partition coefficient (Wildman–Crippen LogP) is 3.39. The molecule has 0 radical (unpaired) electrons. The van der Waals surface area contributed by atoms with Crippen LogP contribution in [0.25, 0.3) is 16.8 Å². The smallest absolute Gasteiger partial charge is 0.0321 e. The summed E-state index contributed by atoms with van der Waals surface area (Å²) in [5, 5.41) is 2.61. The Morgan fingerprint density at radius 2 is 2.07 bits per heavy atom. The molecule has 0 atom stereocenters. The van der Waals surface area contributed by atoms with Gasteiger partial charge in [0, 0.05) is 5.56 Å². The number of terminal acetylenes is 1. The number of hydrogen-bond donors (Lipinski definition) is 0. The topological polar surface area (TPSA) is 0 Å². The van der Waals surface area contributed by atoms with Crippen LogP contribution in [0.3, 0.4) is 0 Å². The summed E-state index contributed by atoms with van der Waals surface area (Å²) < 4.78 is 0. The van der Waals surface area contributed by atoms with Crippen LogP contribution in [-0.2, 0) is 6.42 Å². The van der Waals surface area contributed by atoms with Crippen molar-refractivity contribution in [3.05, 3.63) is 53.1 Å². The molecule has 0 unspecified atom stereocenters. The highest BCUT2D eigenvalue weighted by Gasteiger charge is 2.10. The average Bonchev–Trinajstić information content (AvgIpc) is 2.30. The minimum atomic E-state index is 0.992. The third-order valence-corrected chi connectivity index (χ3v) is 2.95. The molecule has 2 aromatic carbocycles. The second-order valence-corrected chi connectivity index (χ2v) is 3.79. The Hall–Kier alpha value is -2.00. The van der Waals surface area contributed by atoms with Crippen LogP contribution < -0.4 is 0 Å². The number of rotatable bonds is 0. The zero-order chi connectivity index (χ0) is 10.3. The lowest BCUT2D eigenvalue weighted by molar-refractivity contribution is 1.29. The summed E-state index contributed by atoms with van der Waals surface area (Å²) >= 11 is 0. The van der Waals surface area contributed by atoms with Crippen molar-refractivity contribution in [2.24, 2.45) is 0 Å². The van der Waals surface area contributed by atoms with Gasteiger partial charge in [0.2, 0.25) is 0 Å². The molecule has 0 aromatic heterocycles. The van der Waals surface area contributed by atoms with Gasteiger partial charge in [-0.2, -0.15) is 0 Å². The summed E-state index contributed by atoms with van der Waals surface area (Å²) in [6, 6.07) is 10.6. The van der Waals surface area contributed by atoms with E-state index >= 15 is 0 Å². The molecule has 0 spiro atoms. The Bertz CT molecular complexity index is 610. The van der Waals surface area contributed by atoms with Crippen LogP contribution >= 0.6 is 0 Å². The minimum absolute atomic E-state index is 0.992.